The van der Waals surface area contributed by atoms with Crippen LogP contribution in [0.1, 0.15) is 5.56 Å². The van der Waals surface area contributed by atoms with E-state index in [0.29, 0.717) is 18.1 Å². The zero-order chi connectivity index (χ0) is 12.3. The van der Waals surface area contributed by atoms with Gasteiger partial charge < -0.3 is 11.1 Å². The molecule has 0 bridgehead atoms. The lowest BCUT2D eigenvalue weighted by molar-refractivity contribution is 0.626. The van der Waals surface area contributed by atoms with E-state index in [1.165, 1.54) is 12.1 Å². The molecule has 1 aromatic carbocycles. The van der Waals surface area contributed by atoms with Crippen molar-refractivity contribution in [2.45, 2.75) is 6.54 Å². The maximum Gasteiger partial charge on any atom is 0.140 e. The van der Waals surface area contributed by atoms with Crippen LogP contribution in [0.15, 0.2) is 41.0 Å². The largest absolute Gasteiger partial charge is 0.397 e. The fourth-order valence-corrected chi connectivity index (χ4v) is 1.92. The highest BCUT2D eigenvalue weighted by Crippen LogP contribution is 2.22. The second kappa shape index (κ2) is 5.14. The Bertz CT molecular complexity index is 531. The Hall–Kier alpha value is -1.62. The SMILES string of the molecule is Nc1cnc(NCc2cccc(F)c2)c(Br)c1. The summed E-state index contributed by atoms with van der Waals surface area (Å²) >= 11 is 3.36. The monoisotopic (exact) mass is 295 g/mol. The van der Waals surface area contributed by atoms with Crippen LogP contribution in [-0.4, -0.2) is 4.98 Å². The first kappa shape index (κ1) is 11.9. The molecule has 88 valence electrons. The molecule has 0 aliphatic carbocycles. The van der Waals surface area contributed by atoms with E-state index >= 15 is 0 Å². The number of nitrogens with zero attached hydrogens (tertiary/aromatic N) is 1. The van der Waals surface area contributed by atoms with E-state index in [1.54, 1.807) is 18.3 Å². The van der Waals surface area contributed by atoms with Crippen LogP contribution in [-0.2, 0) is 6.54 Å². The molecule has 0 aliphatic rings. The second-order valence-corrected chi connectivity index (χ2v) is 4.44. The number of hydrogen-bond donors (Lipinski definition) is 2. The van der Waals surface area contributed by atoms with Gasteiger partial charge in [0.05, 0.1) is 16.4 Å². The lowest BCUT2D eigenvalue weighted by atomic mass is 10.2. The first-order valence-corrected chi connectivity index (χ1v) is 5.84. The topological polar surface area (TPSA) is 50.9 Å². The Kier molecular flexibility index (Phi) is 3.58. The molecule has 3 nitrogen and oxygen atoms in total. The number of nitrogens with one attached hydrogen (secondary N) is 1. The van der Waals surface area contributed by atoms with Crippen molar-refractivity contribution in [3.8, 4) is 0 Å². The Morgan fingerprint density at radius 2 is 2.18 bits per heavy atom. The molecule has 2 aromatic rings. The maximum atomic E-state index is 13.0. The Morgan fingerprint density at radius 3 is 2.88 bits per heavy atom. The van der Waals surface area contributed by atoms with E-state index in [4.69, 9.17) is 5.73 Å². The van der Waals surface area contributed by atoms with Gasteiger partial charge in [-0.2, -0.15) is 0 Å². The molecule has 0 fully saturated rings. The molecule has 0 unspecified atom stereocenters. The Morgan fingerprint density at radius 1 is 1.35 bits per heavy atom. The zero-order valence-corrected chi connectivity index (χ0v) is 10.5. The smallest absolute Gasteiger partial charge is 0.140 e. The highest BCUT2D eigenvalue weighted by atomic mass is 79.9. The predicted octanol–water partition coefficient (Wildman–Crippen LogP) is 3.18. The van der Waals surface area contributed by atoms with Crippen molar-refractivity contribution in [2.24, 2.45) is 0 Å². The number of rotatable bonds is 3. The second-order valence-electron chi connectivity index (χ2n) is 3.58. The third kappa shape index (κ3) is 3.17. The van der Waals surface area contributed by atoms with Crippen molar-refractivity contribution in [3.63, 3.8) is 0 Å². The summed E-state index contributed by atoms with van der Waals surface area (Å²) in [5.74, 6) is 0.442. The van der Waals surface area contributed by atoms with Crippen LogP contribution in [0, 0.1) is 5.82 Å². The van der Waals surface area contributed by atoms with Crippen molar-refractivity contribution in [1.82, 2.24) is 4.98 Å². The van der Waals surface area contributed by atoms with Gasteiger partial charge in [-0.1, -0.05) is 12.1 Å². The third-order valence-corrected chi connectivity index (χ3v) is 2.82. The molecule has 0 aliphatic heterocycles. The number of nitrogens with two attached hydrogens (primary N) is 1. The fourth-order valence-electron chi connectivity index (χ4n) is 1.42. The summed E-state index contributed by atoms with van der Waals surface area (Å²) in [7, 11) is 0. The minimum absolute atomic E-state index is 0.242. The molecule has 0 atom stereocenters. The van der Waals surface area contributed by atoms with Crippen molar-refractivity contribution in [3.05, 3.63) is 52.4 Å². The average molecular weight is 296 g/mol. The highest BCUT2D eigenvalue weighted by Gasteiger charge is 2.02. The molecule has 0 radical (unpaired) electrons. The first-order valence-electron chi connectivity index (χ1n) is 5.04. The van der Waals surface area contributed by atoms with Gasteiger partial charge in [-0.3, -0.25) is 0 Å². The molecule has 1 aromatic heterocycles. The molecule has 0 saturated heterocycles. The molecule has 17 heavy (non-hydrogen) atoms. The van der Waals surface area contributed by atoms with Gasteiger partial charge in [0.15, 0.2) is 0 Å². The van der Waals surface area contributed by atoms with Crippen LogP contribution < -0.4 is 11.1 Å². The van der Waals surface area contributed by atoms with Gasteiger partial charge in [-0.05, 0) is 39.7 Å². The quantitative estimate of drug-likeness (QED) is 0.914. The van der Waals surface area contributed by atoms with E-state index in [1.807, 2.05) is 6.07 Å². The summed E-state index contributed by atoms with van der Waals surface area (Å²) in [6.45, 7) is 0.507. The predicted molar refractivity (Wildman–Crippen MR) is 70.1 cm³/mol. The molecule has 2 rings (SSSR count). The number of aromatic nitrogens is 1. The number of nitrogen functional groups attached to an aromatic ring is 1. The van der Waals surface area contributed by atoms with E-state index in [0.717, 1.165) is 10.0 Å². The number of benzene rings is 1. The van der Waals surface area contributed by atoms with Crippen molar-refractivity contribution in [2.75, 3.05) is 11.1 Å². The fraction of sp³-hybridized carbons (Fsp3) is 0.0833. The van der Waals surface area contributed by atoms with Gasteiger partial charge in [-0.15, -0.1) is 0 Å². The van der Waals surface area contributed by atoms with Gasteiger partial charge in [0.1, 0.15) is 11.6 Å². The Labute approximate surface area is 107 Å². The number of pyridine rings is 1. The minimum atomic E-state index is -0.242. The van der Waals surface area contributed by atoms with Crippen molar-refractivity contribution < 1.29 is 4.39 Å². The van der Waals surface area contributed by atoms with E-state index in [-0.39, 0.29) is 5.82 Å². The standard InChI is InChI=1S/C12H11BrFN3/c13-11-5-10(15)7-17-12(11)16-6-8-2-1-3-9(14)4-8/h1-5,7H,6,15H2,(H,16,17). The maximum absolute atomic E-state index is 13.0. The first-order chi connectivity index (χ1) is 8.15. The molecule has 0 saturated carbocycles. The van der Waals surface area contributed by atoms with Gasteiger partial charge in [0, 0.05) is 6.54 Å². The highest BCUT2D eigenvalue weighted by molar-refractivity contribution is 9.10. The normalized spacial score (nSPS) is 10.2. The molecule has 3 N–H and O–H groups in total. The zero-order valence-electron chi connectivity index (χ0n) is 8.95. The molecular weight excluding hydrogens is 285 g/mol. The molecule has 5 heteroatoms. The van der Waals surface area contributed by atoms with Crippen LogP contribution in [0.2, 0.25) is 0 Å². The van der Waals surface area contributed by atoms with E-state index in [2.05, 4.69) is 26.2 Å². The van der Waals surface area contributed by atoms with Gasteiger partial charge >= 0.3 is 0 Å². The molecule has 1 heterocycles. The van der Waals surface area contributed by atoms with Crippen molar-refractivity contribution >= 4 is 27.4 Å². The summed E-state index contributed by atoms with van der Waals surface area (Å²) in [6.07, 6.45) is 1.57. The van der Waals surface area contributed by atoms with Crippen LogP contribution in [0.4, 0.5) is 15.9 Å². The van der Waals surface area contributed by atoms with Crippen LogP contribution in [0.5, 0.6) is 0 Å². The summed E-state index contributed by atoms with van der Waals surface area (Å²) in [4.78, 5) is 4.14. The summed E-state index contributed by atoms with van der Waals surface area (Å²) < 4.78 is 13.7. The van der Waals surface area contributed by atoms with E-state index < -0.39 is 0 Å². The summed E-state index contributed by atoms with van der Waals surface area (Å²) in [5, 5.41) is 3.10. The number of anilines is 2. The van der Waals surface area contributed by atoms with Gasteiger partial charge in [-0.25, -0.2) is 9.37 Å². The molecule has 0 spiro atoms. The summed E-state index contributed by atoms with van der Waals surface area (Å²) in [6, 6.07) is 8.19. The molecular formula is C12H11BrFN3. The molecule has 0 amide bonds. The minimum Gasteiger partial charge on any atom is -0.397 e. The third-order valence-electron chi connectivity index (χ3n) is 2.21. The van der Waals surface area contributed by atoms with E-state index in [9.17, 15) is 4.39 Å². The number of halogens is 2. The average Bonchev–Trinajstić information content (AvgIpc) is 2.28. The van der Waals surface area contributed by atoms with Gasteiger partial charge in [0.2, 0.25) is 0 Å². The van der Waals surface area contributed by atoms with Crippen LogP contribution >= 0.6 is 15.9 Å². The van der Waals surface area contributed by atoms with Gasteiger partial charge in [0.25, 0.3) is 0 Å². The number of hydrogen-bond acceptors (Lipinski definition) is 3. The lowest BCUT2D eigenvalue weighted by Crippen LogP contribution is -2.02. The van der Waals surface area contributed by atoms with Crippen LogP contribution in [0.3, 0.4) is 0 Å². The Balaban J connectivity index is 2.07. The summed E-state index contributed by atoms with van der Waals surface area (Å²) in [5.41, 5.74) is 7.03. The van der Waals surface area contributed by atoms with Crippen LogP contribution in [0.25, 0.3) is 0 Å². The lowest BCUT2D eigenvalue weighted by Gasteiger charge is -2.08. The van der Waals surface area contributed by atoms with Crippen molar-refractivity contribution in [1.29, 1.82) is 0 Å².